The summed E-state index contributed by atoms with van der Waals surface area (Å²) in [5, 5.41) is 0.148. The average Bonchev–Trinajstić information content (AvgIpc) is 2.49. The molecule has 0 amide bonds. The molecule has 130 valence electrons. The summed E-state index contributed by atoms with van der Waals surface area (Å²) in [5.74, 6) is 0.150. The van der Waals surface area contributed by atoms with Crippen molar-refractivity contribution in [3.63, 3.8) is 0 Å². The Kier molecular flexibility index (Phi) is 6.65. The minimum atomic E-state index is -3.79. The van der Waals surface area contributed by atoms with Crippen LogP contribution in [-0.4, -0.2) is 13.6 Å². The van der Waals surface area contributed by atoms with Gasteiger partial charge in [0, 0.05) is 17.2 Å². The number of anilines is 1. The van der Waals surface area contributed by atoms with E-state index in [1.165, 1.54) is 24.3 Å². The fourth-order valence-electron chi connectivity index (χ4n) is 1.61. The predicted molar refractivity (Wildman–Crippen MR) is 101 cm³/mol. The number of alkyl halides is 1. The van der Waals surface area contributed by atoms with Gasteiger partial charge in [-0.3, -0.25) is 4.72 Å². The van der Waals surface area contributed by atoms with Crippen molar-refractivity contribution >= 4 is 85.3 Å². The number of halogens is 6. The maximum absolute atomic E-state index is 11.7. The van der Waals surface area contributed by atoms with Crippen LogP contribution in [-0.2, 0) is 10.0 Å². The highest BCUT2D eigenvalue weighted by atomic mass is 35.5. The van der Waals surface area contributed by atoms with E-state index >= 15 is 0 Å². The molecule has 4 nitrogen and oxygen atoms in total. The zero-order valence-corrected chi connectivity index (χ0v) is 16.8. The van der Waals surface area contributed by atoms with Gasteiger partial charge in [0.2, 0.25) is 10.0 Å². The summed E-state index contributed by atoms with van der Waals surface area (Å²) in [5.41, 5.74) is 0.0252. The number of hydrogen-bond acceptors (Lipinski definition) is 3. The maximum atomic E-state index is 11.7. The van der Waals surface area contributed by atoms with Crippen LogP contribution in [0.15, 0.2) is 24.3 Å². The van der Waals surface area contributed by atoms with E-state index < -0.39 is 15.2 Å². The standard InChI is InChI=1S/C13H7Cl6NO3S/c14-5-24(21,22)20-10-3-7(16)8(17)4-11(10)23-12-2-6(15)1-9(18)13(12)19/h1-4,20H,5H2. The van der Waals surface area contributed by atoms with Crippen molar-refractivity contribution in [1.82, 2.24) is 0 Å². The van der Waals surface area contributed by atoms with E-state index in [2.05, 4.69) is 4.72 Å². The third-order valence-electron chi connectivity index (χ3n) is 2.61. The van der Waals surface area contributed by atoms with Gasteiger partial charge in [-0.25, -0.2) is 8.42 Å². The molecule has 2 rings (SSSR count). The second kappa shape index (κ2) is 7.96. The van der Waals surface area contributed by atoms with Gasteiger partial charge in [-0.05, 0) is 12.1 Å². The molecule has 0 atom stereocenters. The topological polar surface area (TPSA) is 55.4 Å². The molecule has 0 aromatic heterocycles. The van der Waals surface area contributed by atoms with Gasteiger partial charge < -0.3 is 4.74 Å². The number of ether oxygens (including phenoxy) is 1. The van der Waals surface area contributed by atoms with Crippen LogP contribution in [0.5, 0.6) is 11.5 Å². The fraction of sp³-hybridized carbons (Fsp3) is 0.0769. The molecule has 2 aromatic rings. The number of benzene rings is 2. The van der Waals surface area contributed by atoms with Crippen molar-refractivity contribution in [2.24, 2.45) is 0 Å². The van der Waals surface area contributed by atoms with Crippen molar-refractivity contribution in [2.75, 3.05) is 9.93 Å². The van der Waals surface area contributed by atoms with Crippen LogP contribution >= 0.6 is 69.6 Å². The van der Waals surface area contributed by atoms with E-state index in [0.29, 0.717) is 0 Å². The van der Waals surface area contributed by atoms with Gasteiger partial charge in [0.15, 0.2) is 5.75 Å². The Morgan fingerprint density at radius 2 is 1.50 bits per heavy atom. The van der Waals surface area contributed by atoms with Crippen LogP contribution in [0.25, 0.3) is 0 Å². The molecule has 0 saturated heterocycles. The Balaban J connectivity index is 2.52. The summed E-state index contributed by atoms with van der Waals surface area (Å²) in [6.45, 7) is 0. The second-order valence-electron chi connectivity index (χ2n) is 4.39. The SMILES string of the molecule is O=S(=O)(CCl)Nc1cc(Cl)c(Cl)cc1Oc1cc(Cl)cc(Cl)c1Cl. The molecular formula is C13H7Cl6NO3S. The Labute approximate surface area is 168 Å². The smallest absolute Gasteiger partial charge is 0.246 e. The zero-order valence-electron chi connectivity index (χ0n) is 11.4. The Morgan fingerprint density at radius 3 is 2.12 bits per heavy atom. The molecule has 0 aliphatic heterocycles. The van der Waals surface area contributed by atoms with Crippen molar-refractivity contribution in [3.8, 4) is 11.5 Å². The molecule has 0 unspecified atom stereocenters. The number of nitrogens with one attached hydrogen (secondary N) is 1. The normalized spacial score (nSPS) is 11.4. The molecule has 0 saturated carbocycles. The van der Waals surface area contributed by atoms with Gasteiger partial charge in [-0.1, -0.05) is 58.0 Å². The number of sulfonamides is 1. The monoisotopic (exact) mass is 467 g/mol. The lowest BCUT2D eigenvalue weighted by Gasteiger charge is -2.15. The molecule has 0 fully saturated rings. The van der Waals surface area contributed by atoms with Gasteiger partial charge in [0.1, 0.15) is 16.0 Å². The summed E-state index contributed by atoms with van der Waals surface area (Å²) in [7, 11) is -3.79. The van der Waals surface area contributed by atoms with Crippen LogP contribution in [0.3, 0.4) is 0 Å². The third kappa shape index (κ3) is 4.88. The first-order chi connectivity index (χ1) is 11.1. The van der Waals surface area contributed by atoms with E-state index in [-0.39, 0.29) is 42.3 Å². The first-order valence-corrected chi connectivity index (χ1v) is 10.1. The Hall–Kier alpha value is -0.270. The van der Waals surface area contributed by atoms with E-state index in [1.807, 2.05) is 0 Å². The van der Waals surface area contributed by atoms with Crippen molar-refractivity contribution in [3.05, 3.63) is 49.4 Å². The van der Waals surface area contributed by atoms with Gasteiger partial charge in [-0.15, -0.1) is 11.6 Å². The van der Waals surface area contributed by atoms with Gasteiger partial charge in [-0.2, -0.15) is 0 Å². The highest BCUT2D eigenvalue weighted by Gasteiger charge is 2.17. The molecule has 0 bridgehead atoms. The second-order valence-corrected chi connectivity index (χ2v) is 8.73. The Bertz CT molecular complexity index is 888. The number of rotatable bonds is 5. The molecular weight excluding hydrogens is 463 g/mol. The Morgan fingerprint density at radius 1 is 0.875 bits per heavy atom. The van der Waals surface area contributed by atoms with Crippen LogP contribution in [0, 0.1) is 0 Å². The van der Waals surface area contributed by atoms with Crippen LogP contribution in [0.4, 0.5) is 5.69 Å². The fourth-order valence-corrected chi connectivity index (χ4v) is 3.27. The van der Waals surface area contributed by atoms with Gasteiger partial charge in [0.05, 0.1) is 20.8 Å². The molecule has 24 heavy (non-hydrogen) atoms. The van der Waals surface area contributed by atoms with Crippen molar-refractivity contribution in [1.29, 1.82) is 0 Å². The molecule has 1 N–H and O–H groups in total. The van der Waals surface area contributed by atoms with E-state index in [4.69, 9.17) is 74.3 Å². The first kappa shape index (κ1) is 20.0. The maximum Gasteiger partial charge on any atom is 0.246 e. The molecule has 0 radical (unpaired) electrons. The lowest BCUT2D eigenvalue weighted by molar-refractivity contribution is 0.485. The van der Waals surface area contributed by atoms with Crippen molar-refractivity contribution < 1.29 is 13.2 Å². The highest BCUT2D eigenvalue weighted by Crippen LogP contribution is 2.42. The highest BCUT2D eigenvalue weighted by molar-refractivity contribution is 7.93. The number of hydrogen-bond donors (Lipinski definition) is 1. The first-order valence-electron chi connectivity index (χ1n) is 6.01. The van der Waals surface area contributed by atoms with E-state index in [9.17, 15) is 8.42 Å². The van der Waals surface area contributed by atoms with Gasteiger partial charge in [0.25, 0.3) is 0 Å². The predicted octanol–water partition coefficient (Wildman–Crippen LogP) is 6.68. The lowest BCUT2D eigenvalue weighted by Crippen LogP contribution is -2.14. The zero-order chi connectivity index (χ0) is 18.1. The minimum absolute atomic E-state index is 0.0252. The van der Waals surface area contributed by atoms with Crippen molar-refractivity contribution in [2.45, 2.75) is 0 Å². The summed E-state index contributed by atoms with van der Waals surface area (Å²) in [6, 6.07) is 5.45. The average molecular weight is 470 g/mol. The molecule has 2 aromatic carbocycles. The summed E-state index contributed by atoms with van der Waals surface area (Å²) in [4.78, 5) is 0. The largest absolute Gasteiger partial charge is 0.453 e. The third-order valence-corrected chi connectivity index (χ3v) is 6.02. The summed E-state index contributed by atoms with van der Waals surface area (Å²) < 4.78 is 31.3. The minimum Gasteiger partial charge on any atom is -0.453 e. The van der Waals surface area contributed by atoms with E-state index in [0.717, 1.165) is 0 Å². The molecule has 0 spiro atoms. The van der Waals surface area contributed by atoms with Crippen LogP contribution < -0.4 is 9.46 Å². The lowest BCUT2D eigenvalue weighted by atomic mass is 10.3. The van der Waals surface area contributed by atoms with E-state index in [1.54, 1.807) is 0 Å². The molecule has 11 heteroatoms. The summed E-state index contributed by atoms with van der Waals surface area (Å²) in [6.07, 6.45) is 0. The molecule has 0 aliphatic carbocycles. The van der Waals surface area contributed by atoms with Crippen LogP contribution in [0.1, 0.15) is 0 Å². The summed E-state index contributed by atoms with van der Waals surface area (Å²) >= 11 is 35.2. The molecule has 0 heterocycles. The van der Waals surface area contributed by atoms with Gasteiger partial charge >= 0.3 is 0 Å². The quantitative estimate of drug-likeness (QED) is 0.392. The van der Waals surface area contributed by atoms with Crippen LogP contribution in [0.2, 0.25) is 25.1 Å². The molecule has 0 aliphatic rings.